The number of unbranched alkanes of at least 4 members (excludes halogenated alkanes) is 1. The van der Waals surface area contributed by atoms with Crippen LogP contribution in [0, 0.1) is 11.8 Å². The second kappa shape index (κ2) is 48.2. The lowest BCUT2D eigenvalue weighted by atomic mass is 9.86. The summed E-state index contributed by atoms with van der Waals surface area (Å²) in [4.78, 5) is 187. The van der Waals surface area contributed by atoms with E-state index in [4.69, 9.17) is 28.1 Å². The summed E-state index contributed by atoms with van der Waals surface area (Å²) in [5, 5.41) is 52.3. The molecule has 2 bridgehead atoms. The minimum Gasteiger partial charge on any atom is -0.508 e. The number of phenols is 1. The molecule has 30 nitrogen and oxygen atoms in total. The first-order valence-electron chi connectivity index (χ1n) is 42.2. The number of thioether (sulfide) groups is 1. The van der Waals surface area contributed by atoms with Crippen LogP contribution in [0.4, 0.5) is 5.69 Å². The normalized spacial score (nSPS) is 17.8. The number of nitrogens with one attached hydrogen (secondary N) is 7. The largest absolute Gasteiger partial charge is 0.508 e. The highest BCUT2D eigenvalue weighted by atomic mass is 32.2. The Balaban J connectivity index is 0.937. The molecule has 0 unspecified atom stereocenters. The first kappa shape index (κ1) is 95.1. The predicted octanol–water partition coefficient (Wildman–Crippen LogP) is 8.51. The zero-order chi connectivity index (χ0) is 88.5. The number of aromatic hydroxyl groups is 1. The summed E-state index contributed by atoms with van der Waals surface area (Å²) in [6, 6.07) is 33.8. The fourth-order valence-electron chi connectivity index (χ4n) is 15.6. The monoisotopic (exact) mass is 1730 g/mol. The number of carboxylic acid groups (broad SMARTS) is 2. The Kier molecular flexibility index (Phi) is 37.2. The molecule has 0 radical (unpaired) electrons. The average Bonchev–Trinajstić information content (AvgIpc) is 0.746. The molecule has 0 spiro atoms. The third kappa shape index (κ3) is 31.3. The van der Waals surface area contributed by atoms with Crippen molar-refractivity contribution in [3.05, 3.63) is 178 Å². The molecule has 0 saturated heterocycles. The number of aryl methyl sites for hydroxylation is 1. The number of anilines is 1. The number of amides is 10. The van der Waals surface area contributed by atoms with E-state index < -0.39 is 122 Å². The highest BCUT2D eigenvalue weighted by molar-refractivity contribution is 7.98. The lowest BCUT2D eigenvalue weighted by Gasteiger charge is -2.32. The van der Waals surface area contributed by atoms with Gasteiger partial charge in [0.2, 0.25) is 53.2 Å². The Morgan fingerprint density at radius 2 is 1.28 bits per heavy atom. The van der Waals surface area contributed by atoms with Crippen molar-refractivity contribution in [2.24, 2.45) is 23.3 Å². The molecule has 3 heterocycles. The standard InChI is InChI=1S/C91H115N13O17S2/c1-58(2)44-67-51-103(82(111)23-15-41-92)55-80(109)97-68(45-62-20-11-6-12-21-62)52-104(84(113)38-27-61-18-9-5-10-19-61)54-79(108)96-66(31-39-86(115)116)50-102(83(112)37-26-60-16-7-4-8-17-60)53-78(107)95-59(3)49-101(85(114)40-43-123-57-63-24-28-64(29-25-63)89(118)98-67)56-81(110)100-75(88(93)117)22-13-14-42-94-91(122)99-65-30-34-71(74(46-65)90(119)120)87-72-35-32-69(105)47-76(72)121-77-48-70(106)33-36-73(77)87/h4,6-8,11-12,16-17,20-21,24-25,28-30,32-36,46-48,58-59,61,66-68,75,105H,5,9-10,13-15,18-19,22-23,26-27,31,37-45,49-57,92H2,1-3H3,(H2,93,117)(H,95,107)(H,96,108)(H,97,109)(H,98,118)(H,100,110)(H,115,116)(H,119,120)(H2,94,99,122)/t59-,66-,67-,68-,75+/m0/s1. The van der Waals surface area contributed by atoms with Crippen LogP contribution >= 0.6 is 24.0 Å². The Bertz CT molecular complexity index is 4840. The van der Waals surface area contributed by atoms with Gasteiger partial charge in [0.25, 0.3) is 5.91 Å². The maximum atomic E-state index is 14.9. The van der Waals surface area contributed by atoms with Gasteiger partial charge in [-0.15, -0.1) is 0 Å². The van der Waals surface area contributed by atoms with E-state index >= 15 is 0 Å². The summed E-state index contributed by atoms with van der Waals surface area (Å²) in [5.74, 6) is -7.26. The number of aliphatic carboxylic acids is 1. The van der Waals surface area contributed by atoms with Gasteiger partial charge < -0.3 is 88.0 Å². The van der Waals surface area contributed by atoms with Crippen molar-refractivity contribution in [2.75, 3.05) is 76.5 Å². The number of carbonyl (C=O) groups excluding carboxylic acids is 10. The van der Waals surface area contributed by atoms with E-state index in [0.717, 1.165) is 48.8 Å². The topological polar surface area (TPSA) is 445 Å². The molecule has 1 saturated carbocycles. The van der Waals surface area contributed by atoms with Gasteiger partial charge in [0.1, 0.15) is 23.1 Å². The minimum atomic E-state index is -1.26. The molecule has 10 amide bonds. The summed E-state index contributed by atoms with van der Waals surface area (Å²) >= 11 is 7.00. The van der Waals surface area contributed by atoms with E-state index in [0.29, 0.717) is 71.2 Å². The Labute approximate surface area is 725 Å². The van der Waals surface area contributed by atoms with E-state index in [9.17, 15) is 77.6 Å². The number of hydrogen-bond donors (Lipinski definition) is 12. The van der Waals surface area contributed by atoms with Gasteiger partial charge in [0.05, 0.1) is 37.8 Å². The van der Waals surface area contributed by atoms with Crippen LogP contribution in [0.15, 0.2) is 149 Å². The summed E-state index contributed by atoms with van der Waals surface area (Å²) in [5.41, 5.74) is 15.9. The first-order valence-corrected chi connectivity index (χ1v) is 43.8. The number of benzene rings is 6. The molecule has 2 aliphatic carbocycles. The Morgan fingerprint density at radius 1 is 0.650 bits per heavy atom. The lowest BCUT2D eigenvalue weighted by molar-refractivity contribution is -0.139. The van der Waals surface area contributed by atoms with Gasteiger partial charge in [0.15, 0.2) is 10.5 Å². The fourth-order valence-corrected chi connectivity index (χ4v) is 16.7. The molecule has 5 aromatic carbocycles. The fraction of sp³-hybridized carbons (Fsp3) is 0.451. The van der Waals surface area contributed by atoms with E-state index in [1.807, 2.05) is 74.5 Å². The van der Waals surface area contributed by atoms with Crippen LogP contribution in [0.3, 0.4) is 0 Å². The van der Waals surface area contributed by atoms with Crippen molar-refractivity contribution in [1.82, 2.24) is 51.5 Å². The van der Waals surface area contributed by atoms with Crippen LogP contribution in [0.25, 0.3) is 33.4 Å². The third-order valence-electron chi connectivity index (χ3n) is 21.7. The van der Waals surface area contributed by atoms with Gasteiger partial charge in [-0.3, -0.25) is 57.5 Å². The molecule has 1 fully saturated rings. The third-order valence-corrected chi connectivity index (χ3v) is 22.9. The zero-order valence-corrected chi connectivity index (χ0v) is 71.7. The van der Waals surface area contributed by atoms with Gasteiger partial charge in [-0.1, -0.05) is 125 Å². The average molecular weight is 1730 g/mol. The summed E-state index contributed by atoms with van der Waals surface area (Å²) < 4.78 is 5.96. The second-order valence-corrected chi connectivity index (χ2v) is 33.7. The highest BCUT2D eigenvalue weighted by Gasteiger charge is 2.33. The molecule has 5 atom stereocenters. The summed E-state index contributed by atoms with van der Waals surface area (Å²) in [7, 11) is 0. The minimum absolute atomic E-state index is 0.0119. The number of rotatable bonds is 28. The van der Waals surface area contributed by atoms with Crippen molar-refractivity contribution < 1.29 is 77.3 Å². The number of nitrogens with two attached hydrogens (primary N) is 2. The molecule has 32 heteroatoms. The number of fused-ring (bicyclic) bond motifs is 31. The molecule has 5 aliphatic rings. The molecular weight excluding hydrogens is 1610 g/mol. The molecule has 3 aliphatic heterocycles. The molecule has 5 aromatic rings. The van der Waals surface area contributed by atoms with Crippen molar-refractivity contribution in [1.29, 1.82) is 0 Å². The van der Waals surface area contributed by atoms with E-state index in [1.165, 1.54) is 61.7 Å². The van der Waals surface area contributed by atoms with Crippen LogP contribution in [0.2, 0.25) is 0 Å². The van der Waals surface area contributed by atoms with Gasteiger partial charge in [-0.2, -0.15) is 11.8 Å². The SMILES string of the molecule is CC(C)C[C@H]1CN(C(=O)CCCN)CC(=O)N[C@@H](Cc2ccccc2)CN(C(=O)CCC2CCCCC2)CC(=O)N[C@@H](CCC(=O)O)CN(C(=O)CCc2ccccc2)CC(=O)N[C@@H](C)CN(CC(=O)N[C@H](CCCCNC(=S)Nc2ccc(-c3c4ccc(=O)cc-4oc4cc(O)ccc34)c(C(=O)O)c2)C(N)=O)C(=O)CCSCc2ccc(cc2)C(=O)N1. The number of carbonyl (C=O) groups is 12. The van der Waals surface area contributed by atoms with Crippen LogP contribution in [0.1, 0.15) is 167 Å². The second-order valence-electron chi connectivity index (χ2n) is 32.2. The highest BCUT2D eigenvalue weighted by Crippen LogP contribution is 2.43. The molecule has 0 aromatic heterocycles. The van der Waals surface area contributed by atoms with E-state index in [2.05, 4.69) is 37.2 Å². The predicted molar refractivity (Wildman–Crippen MR) is 474 cm³/mol. The number of thiocarbonyl (C=S) groups is 1. The van der Waals surface area contributed by atoms with Crippen molar-refractivity contribution >= 4 is 117 Å². The van der Waals surface area contributed by atoms with Gasteiger partial charge in [0, 0.05) is 134 Å². The molecule has 658 valence electrons. The van der Waals surface area contributed by atoms with Gasteiger partial charge in [-0.05, 0) is 166 Å². The number of primary amides is 1. The van der Waals surface area contributed by atoms with E-state index in [1.54, 1.807) is 55.5 Å². The molecule has 123 heavy (non-hydrogen) atoms. The van der Waals surface area contributed by atoms with Crippen LogP contribution in [-0.4, -0.2) is 212 Å². The van der Waals surface area contributed by atoms with Crippen molar-refractivity contribution in [2.45, 2.75) is 179 Å². The first-order chi connectivity index (χ1) is 59.0. The molecule has 14 N–H and O–H groups in total. The number of nitrogens with zero attached hydrogens (tertiary/aromatic N) is 4. The van der Waals surface area contributed by atoms with Crippen molar-refractivity contribution in [3.63, 3.8) is 0 Å². The maximum Gasteiger partial charge on any atom is 0.336 e. The molecule has 10 rings (SSSR count). The van der Waals surface area contributed by atoms with Crippen molar-refractivity contribution in [3.8, 4) is 28.2 Å². The number of hydrogen-bond acceptors (Lipinski definition) is 18. The van der Waals surface area contributed by atoms with Gasteiger partial charge >= 0.3 is 11.9 Å². The molecular formula is C91H115N13O17S2. The van der Waals surface area contributed by atoms with Crippen LogP contribution in [-0.2, 0) is 66.5 Å². The zero-order valence-electron chi connectivity index (χ0n) is 70.1. The number of aromatic carboxylic acids is 1. The van der Waals surface area contributed by atoms with Crippen LogP contribution < -0.4 is 54.1 Å². The Morgan fingerprint density at radius 3 is 1.94 bits per heavy atom. The maximum absolute atomic E-state index is 14.9. The van der Waals surface area contributed by atoms with Gasteiger partial charge in [-0.25, -0.2) is 4.79 Å². The quantitative estimate of drug-likeness (QED) is 0.00945. The Hall–Kier alpha value is -11.8. The van der Waals surface area contributed by atoms with E-state index in [-0.39, 0.29) is 153 Å². The lowest BCUT2D eigenvalue weighted by Crippen LogP contribution is -2.55. The van der Waals surface area contributed by atoms with Crippen LogP contribution in [0.5, 0.6) is 5.75 Å². The number of phenolic OH excluding ortho intramolecular Hbond substituents is 1. The number of carboxylic acids is 2. The smallest absolute Gasteiger partial charge is 0.336 e. The summed E-state index contributed by atoms with van der Waals surface area (Å²) in [6.07, 6.45) is 6.67. The summed E-state index contributed by atoms with van der Waals surface area (Å²) in [6.45, 7) is 2.95.